The highest BCUT2D eigenvalue weighted by Crippen LogP contribution is 2.33. The number of nitrogens with zero attached hydrogens (tertiary/aromatic N) is 2. The van der Waals surface area contributed by atoms with E-state index in [1.807, 2.05) is 29.2 Å². The van der Waals surface area contributed by atoms with Gasteiger partial charge in [0.15, 0.2) is 11.5 Å². The van der Waals surface area contributed by atoms with Crippen LogP contribution in [0.1, 0.15) is 31.9 Å². The molecule has 1 aliphatic heterocycles. The summed E-state index contributed by atoms with van der Waals surface area (Å²) in [4.78, 5) is 0. The van der Waals surface area contributed by atoms with E-state index in [4.69, 9.17) is 9.47 Å². The highest BCUT2D eigenvalue weighted by Gasteiger charge is 2.14. The van der Waals surface area contributed by atoms with Crippen molar-refractivity contribution in [2.75, 3.05) is 18.5 Å². The molecule has 0 atom stereocenters. The average molecular weight is 287 g/mol. The van der Waals surface area contributed by atoms with Gasteiger partial charge in [-0.25, -0.2) is 0 Å². The molecule has 112 valence electrons. The molecule has 0 aliphatic carbocycles. The Morgan fingerprint density at radius 1 is 1.29 bits per heavy atom. The van der Waals surface area contributed by atoms with E-state index in [0.29, 0.717) is 25.8 Å². The molecule has 0 fully saturated rings. The number of anilines is 1. The molecule has 1 N–H and O–H groups in total. The van der Waals surface area contributed by atoms with Gasteiger partial charge in [-0.2, -0.15) is 5.10 Å². The molecule has 0 saturated heterocycles. The Balaban J connectivity index is 1.72. The lowest BCUT2D eigenvalue weighted by molar-refractivity contribution is 0.296. The molecule has 5 heteroatoms. The van der Waals surface area contributed by atoms with E-state index in [0.717, 1.165) is 29.2 Å². The van der Waals surface area contributed by atoms with Crippen molar-refractivity contribution in [3.8, 4) is 11.5 Å². The standard InChI is InChI=1S/C16H21N3O2/c1-12(2)19-11-14(10-18-19)17-9-13-5-3-6-15-16(13)21-8-4-7-20-15/h3,5-6,10-12,17H,4,7-9H2,1-2H3. The minimum atomic E-state index is 0.366. The largest absolute Gasteiger partial charge is 0.490 e. The first-order chi connectivity index (χ1) is 10.2. The molecule has 2 heterocycles. The van der Waals surface area contributed by atoms with Crippen LogP contribution >= 0.6 is 0 Å². The summed E-state index contributed by atoms with van der Waals surface area (Å²) in [6, 6.07) is 6.39. The number of hydrogen-bond donors (Lipinski definition) is 1. The van der Waals surface area contributed by atoms with Crippen molar-refractivity contribution < 1.29 is 9.47 Å². The number of ether oxygens (including phenoxy) is 2. The molecule has 0 bridgehead atoms. The number of aromatic nitrogens is 2. The molecule has 1 aliphatic rings. The zero-order chi connectivity index (χ0) is 14.7. The molecular weight excluding hydrogens is 266 g/mol. The number of hydrogen-bond acceptors (Lipinski definition) is 4. The van der Waals surface area contributed by atoms with E-state index < -0.39 is 0 Å². The Labute approximate surface area is 124 Å². The predicted octanol–water partition coefficient (Wildman–Crippen LogP) is 3.24. The zero-order valence-corrected chi connectivity index (χ0v) is 12.5. The SMILES string of the molecule is CC(C)n1cc(NCc2cccc3c2OCCCO3)cn1. The van der Waals surface area contributed by atoms with Crippen LogP contribution in [0.3, 0.4) is 0 Å². The van der Waals surface area contributed by atoms with Gasteiger partial charge in [0.2, 0.25) is 0 Å². The summed E-state index contributed by atoms with van der Waals surface area (Å²) in [6.07, 6.45) is 4.78. The van der Waals surface area contributed by atoms with E-state index in [2.05, 4.69) is 30.3 Å². The summed E-state index contributed by atoms with van der Waals surface area (Å²) in [7, 11) is 0. The van der Waals surface area contributed by atoms with Crippen molar-refractivity contribution in [1.82, 2.24) is 9.78 Å². The fourth-order valence-electron chi connectivity index (χ4n) is 2.30. The molecule has 1 aromatic heterocycles. The Morgan fingerprint density at radius 2 is 2.14 bits per heavy atom. The van der Waals surface area contributed by atoms with Crippen molar-refractivity contribution in [1.29, 1.82) is 0 Å². The molecule has 0 saturated carbocycles. The van der Waals surface area contributed by atoms with Gasteiger partial charge >= 0.3 is 0 Å². The fraction of sp³-hybridized carbons (Fsp3) is 0.438. The summed E-state index contributed by atoms with van der Waals surface area (Å²) in [5, 5.41) is 7.72. The molecule has 0 unspecified atom stereocenters. The third kappa shape index (κ3) is 3.12. The normalized spacial score (nSPS) is 14.0. The first-order valence-electron chi connectivity index (χ1n) is 7.39. The van der Waals surface area contributed by atoms with Crippen LogP contribution < -0.4 is 14.8 Å². The van der Waals surface area contributed by atoms with Crippen LogP contribution in [-0.2, 0) is 6.54 Å². The second-order valence-corrected chi connectivity index (χ2v) is 5.45. The minimum absolute atomic E-state index is 0.366. The van der Waals surface area contributed by atoms with Gasteiger partial charge in [0, 0.05) is 30.8 Å². The number of benzene rings is 1. The molecule has 5 nitrogen and oxygen atoms in total. The number of nitrogens with one attached hydrogen (secondary N) is 1. The van der Waals surface area contributed by atoms with Crippen LogP contribution in [0.5, 0.6) is 11.5 Å². The number of rotatable bonds is 4. The highest BCUT2D eigenvalue weighted by molar-refractivity contribution is 5.49. The van der Waals surface area contributed by atoms with Gasteiger partial charge in [-0.05, 0) is 19.9 Å². The number of fused-ring (bicyclic) bond motifs is 1. The van der Waals surface area contributed by atoms with Gasteiger partial charge in [-0.15, -0.1) is 0 Å². The summed E-state index contributed by atoms with van der Waals surface area (Å²) in [5.41, 5.74) is 2.11. The van der Waals surface area contributed by atoms with Crippen LogP contribution in [0.2, 0.25) is 0 Å². The topological polar surface area (TPSA) is 48.3 Å². The van der Waals surface area contributed by atoms with Gasteiger partial charge in [0.05, 0.1) is 25.1 Å². The summed E-state index contributed by atoms with van der Waals surface area (Å²) in [6.45, 7) is 6.33. The van der Waals surface area contributed by atoms with Gasteiger partial charge in [0.25, 0.3) is 0 Å². The molecule has 1 aromatic carbocycles. The third-order valence-corrected chi connectivity index (χ3v) is 3.47. The molecule has 2 aromatic rings. The third-order valence-electron chi connectivity index (χ3n) is 3.47. The number of para-hydroxylation sites is 1. The second kappa shape index (κ2) is 6.08. The van der Waals surface area contributed by atoms with E-state index in [1.165, 1.54) is 0 Å². The maximum Gasteiger partial charge on any atom is 0.166 e. The van der Waals surface area contributed by atoms with Gasteiger partial charge in [0.1, 0.15) is 0 Å². The zero-order valence-electron chi connectivity index (χ0n) is 12.5. The van der Waals surface area contributed by atoms with Gasteiger partial charge < -0.3 is 14.8 Å². The van der Waals surface area contributed by atoms with Crippen LogP contribution in [-0.4, -0.2) is 23.0 Å². The Kier molecular flexibility index (Phi) is 3.99. The second-order valence-electron chi connectivity index (χ2n) is 5.45. The molecule has 3 rings (SSSR count). The molecule has 0 radical (unpaired) electrons. The fourth-order valence-corrected chi connectivity index (χ4v) is 2.30. The van der Waals surface area contributed by atoms with E-state index in [9.17, 15) is 0 Å². The lowest BCUT2D eigenvalue weighted by Gasteiger charge is -2.13. The Bertz CT molecular complexity index is 607. The Hall–Kier alpha value is -2.17. The van der Waals surface area contributed by atoms with Crippen LogP contribution in [0, 0.1) is 0 Å². The Morgan fingerprint density at radius 3 is 2.95 bits per heavy atom. The molecule has 0 amide bonds. The first-order valence-corrected chi connectivity index (χ1v) is 7.39. The lowest BCUT2D eigenvalue weighted by atomic mass is 10.2. The first kappa shape index (κ1) is 13.8. The monoisotopic (exact) mass is 287 g/mol. The van der Waals surface area contributed by atoms with Crippen LogP contribution in [0.15, 0.2) is 30.6 Å². The molecular formula is C16H21N3O2. The van der Waals surface area contributed by atoms with Crippen molar-refractivity contribution in [2.45, 2.75) is 32.9 Å². The molecule has 21 heavy (non-hydrogen) atoms. The van der Waals surface area contributed by atoms with Crippen molar-refractivity contribution in [3.63, 3.8) is 0 Å². The smallest absolute Gasteiger partial charge is 0.166 e. The quantitative estimate of drug-likeness (QED) is 0.938. The van der Waals surface area contributed by atoms with Crippen molar-refractivity contribution >= 4 is 5.69 Å². The van der Waals surface area contributed by atoms with E-state index >= 15 is 0 Å². The predicted molar refractivity (Wildman–Crippen MR) is 82.0 cm³/mol. The summed E-state index contributed by atoms with van der Waals surface area (Å²) >= 11 is 0. The molecule has 0 spiro atoms. The maximum atomic E-state index is 5.83. The highest BCUT2D eigenvalue weighted by atomic mass is 16.5. The minimum Gasteiger partial charge on any atom is -0.490 e. The lowest BCUT2D eigenvalue weighted by Crippen LogP contribution is -2.03. The summed E-state index contributed by atoms with van der Waals surface area (Å²) in [5.74, 6) is 1.70. The summed E-state index contributed by atoms with van der Waals surface area (Å²) < 4.78 is 13.5. The van der Waals surface area contributed by atoms with Crippen molar-refractivity contribution in [2.24, 2.45) is 0 Å². The van der Waals surface area contributed by atoms with E-state index in [-0.39, 0.29) is 0 Å². The average Bonchev–Trinajstić information content (AvgIpc) is 2.82. The van der Waals surface area contributed by atoms with E-state index in [1.54, 1.807) is 0 Å². The van der Waals surface area contributed by atoms with Gasteiger partial charge in [-0.1, -0.05) is 12.1 Å². The van der Waals surface area contributed by atoms with Gasteiger partial charge in [-0.3, -0.25) is 4.68 Å². The van der Waals surface area contributed by atoms with Crippen molar-refractivity contribution in [3.05, 3.63) is 36.2 Å². The van der Waals surface area contributed by atoms with Crippen LogP contribution in [0.4, 0.5) is 5.69 Å². The van der Waals surface area contributed by atoms with Crippen LogP contribution in [0.25, 0.3) is 0 Å². The maximum absolute atomic E-state index is 5.83.